The molecule has 0 saturated carbocycles. The van der Waals surface area contributed by atoms with Gasteiger partial charge in [0.05, 0.1) is 17.4 Å². The fraction of sp³-hybridized carbons (Fsp3) is 0.222. The van der Waals surface area contributed by atoms with E-state index in [1.54, 1.807) is 18.2 Å². The van der Waals surface area contributed by atoms with Gasteiger partial charge in [0.25, 0.3) is 5.69 Å². The van der Waals surface area contributed by atoms with E-state index in [2.05, 4.69) is 0 Å². The van der Waals surface area contributed by atoms with Crippen molar-refractivity contribution in [1.82, 2.24) is 0 Å². The summed E-state index contributed by atoms with van der Waals surface area (Å²) in [5.74, 6) is 0. The molecule has 0 spiro atoms. The Hall–Kier alpha value is -1.93. The van der Waals surface area contributed by atoms with Crippen LogP contribution in [0.15, 0.2) is 24.3 Å². The van der Waals surface area contributed by atoms with E-state index in [4.69, 9.17) is 11.0 Å². The van der Waals surface area contributed by atoms with Crippen LogP contribution in [0.5, 0.6) is 0 Å². The molecule has 0 bridgehead atoms. The minimum atomic E-state index is -0.596. The zero-order valence-electron chi connectivity index (χ0n) is 7.38. The number of nitriles is 1. The smallest absolute Gasteiger partial charge is 0.274 e. The maximum atomic E-state index is 10.6. The van der Waals surface area contributed by atoms with E-state index < -0.39 is 11.0 Å². The Morgan fingerprint density at radius 1 is 1.57 bits per heavy atom. The fourth-order valence-corrected chi connectivity index (χ4v) is 1.18. The molecule has 5 nitrogen and oxygen atoms in total. The highest BCUT2D eigenvalue weighted by molar-refractivity contribution is 5.42. The molecule has 2 N–H and O–H groups in total. The second-order valence-corrected chi connectivity index (χ2v) is 2.78. The van der Waals surface area contributed by atoms with Crippen molar-refractivity contribution in [2.24, 2.45) is 5.73 Å². The molecule has 1 aromatic rings. The lowest BCUT2D eigenvalue weighted by Crippen LogP contribution is -2.11. The SMILES string of the molecule is N#CC[C@@H](N)c1ccccc1[N+](=O)[O-]. The summed E-state index contributed by atoms with van der Waals surface area (Å²) in [4.78, 5) is 10.1. The normalized spacial score (nSPS) is 11.7. The molecule has 0 amide bonds. The van der Waals surface area contributed by atoms with E-state index in [9.17, 15) is 10.1 Å². The lowest BCUT2D eigenvalue weighted by atomic mass is 10.0. The molecule has 1 rings (SSSR count). The van der Waals surface area contributed by atoms with Crippen LogP contribution in [0.2, 0.25) is 0 Å². The Morgan fingerprint density at radius 2 is 2.21 bits per heavy atom. The van der Waals surface area contributed by atoms with Crippen LogP contribution in [0, 0.1) is 21.4 Å². The number of nitro benzene ring substituents is 1. The zero-order chi connectivity index (χ0) is 10.6. The van der Waals surface area contributed by atoms with E-state index in [0.717, 1.165) is 0 Å². The standard InChI is InChI=1S/C9H9N3O2/c10-6-5-8(11)7-3-1-2-4-9(7)12(13)14/h1-4,8H,5,11H2/t8-/m1/s1. The molecule has 0 heterocycles. The highest BCUT2D eigenvalue weighted by Gasteiger charge is 2.17. The van der Waals surface area contributed by atoms with Crippen LogP contribution < -0.4 is 5.73 Å². The molecule has 5 heteroatoms. The van der Waals surface area contributed by atoms with Crippen LogP contribution >= 0.6 is 0 Å². The third kappa shape index (κ3) is 2.06. The molecule has 0 saturated heterocycles. The number of para-hydroxylation sites is 1. The van der Waals surface area contributed by atoms with Gasteiger partial charge in [-0.25, -0.2) is 0 Å². The largest absolute Gasteiger partial charge is 0.323 e. The van der Waals surface area contributed by atoms with Crippen molar-refractivity contribution >= 4 is 5.69 Å². The first-order valence-electron chi connectivity index (χ1n) is 4.02. The second kappa shape index (κ2) is 4.35. The van der Waals surface area contributed by atoms with Crippen molar-refractivity contribution in [3.05, 3.63) is 39.9 Å². The van der Waals surface area contributed by atoms with Crippen LogP contribution in [0.1, 0.15) is 18.0 Å². The van der Waals surface area contributed by atoms with Gasteiger partial charge in [-0.1, -0.05) is 18.2 Å². The maximum absolute atomic E-state index is 10.6. The van der Waals surface area contributed by atoms with Crippen LogP contribution in [-0.4, -0.2) is 4.92 Å². The zero-order valence-corrected chi connectivity index (χ0v) is 7.38. The van der Waals surface area contributed by atoms with E-state index in [0.29, 0.717) is 5.56 Å². The van der Waals surface area contributed by atoms with Gasteiger partial charge in [-0.15, -0.1) is 0 Å². The Balaban J connectivity index is 3.08. The van der Waals surface area contributed by atoms with E-state index in [1.165, 1.54) is 6.07 Å². The number of nitrogens with zero attached hydrogens (tertiary/aromatic N) is 2. The molecule has 1 aromatic carbocycles. The molecule has 72 valence electrons. The van der Waals surface area contributed by atoms with Gasteiger partial charge in [-0.2, -0.15) is 5.26 Å². The molecule has 0 aromatic heterocycles. The predicted molar refractivity (Wildman–Crippen MR) is 50.3 cm³/mol. The summed E-state index contributed by atoms with van der Waals surface area (Å²) in [6, 6.07) is 7.48. The first-order chi connectivity index (χ1) is 6.66. The minimum Gasteiger partial charge on any atom is -0.323 e. The van der Waals surface area contributed by atoms with Gasteiger partial charge < -0.3 is 5.73 Å². The summed E-state index contributed by atoms with van der Waals surface area (Å²) in [5, 5.41) is 19.0. The van der Waals surface area contributed by atoms with Crippen LogP contribution in [0.4, 0.5) is 5.69 Å². The monoisotopic (exact) mass is 191 g/mol. The van der Waals surface area contributed by atoms with Crippen molar-refractivity contribution in [2.75, 3.05) is 0 Å². The Bertz CT molecular complexity index is 384. The van der Waals surface area contributed by atoms with Crippen LogP contribution in [0.3, 0.4) is 0 Å². The van der Waals surface area contributed by atoms with Crippen molar-refractivity contribution < 1.29 is 4.92 Å². The lowest BCUT2D eigenvalue weighted by molar-refractivity contribution is -0.385. The minimum absolute atomic E-state index is 0.0322. The summed E-state index contributed by atoms with van der Waals surface area (Å²) in [5.41, 5.74) is 5.99. The average Bonchev–Trinajstić information content (AvgIpc) is 2.18. The Kier molecular flexibility index (Phi) is 3.15. The number of benzene rings is 1. The van der Waals surface area contributed by atoms with Gasteiger partial charge in [-0.05, 0) is 0 Å². The first-order valence-corrected chi connectivity index (χ1v) is 4.02. The fourth-order valence-electron chi connectivity index (χ4n) is 1.18. The summed E-state index contributed by atoms with van der Waals surface area (Å²) in [7, 11) is 0. The number of hydrogen-bond acceptors (Lipinski definition) is 4. The van der Waals surface area contributed by atoms with Gasteiger partial charge in [-0.3, -0.25) is 10.1 Å². The third-order valence-electron chi connectivity index (χ3n) is 1.84. The van der Waals surface area contributed by atoms with E-state index in [1.807, 2.05) is 6.07 Å². The number of rotatable bonds is 3. The predicted octanol–water partition coefficient (Wildman–Crippen LogP) is 1.51. The molecule has 0 radical (unpaired) electrons. The molecule has 14 heavy (non-hydrogen) atoms. The van der Waals surface area contributed by atoms with Crippen molar-refractivity contribution in [1.29, 1.82) is 5.26 Å². The number of nitro groups is 1. The van der Waals surface area contributed by atoms with Crippen LogP contribution in [0.25, 0.3) is 0 Å². The van der Waals surface area contributed by atoms with E-state index >= 15 is 0 Å². The van der Waals surface area contributed by atoms with Crippen molar-refractivity contribution in [3.8, 4) is 6.07 Å². The molecule has 1 atom stereocenters. The van der Waals surface area contributed by atoms with Gasteiger partial charge in [0.1, 0.15) is 0 Å². The quantitative estimate of drug-likeness (QED) is 0.578. The van der Waals surface area contributed by atoms with Crippen molar-refractivity contribution in [2.45, 2.75) is 12.5 Å². The first kappa shape index (κ1) is 10.2. The number of nitrogens with two attached hydrogens (primary N) is 1. The highest BCUT2D eigenvalue weighted by atomic mass is 16.6. The molecule has 0 unspecified atom stereocenters. The summed E-state index contributed by atoms with van der Waals surface area (Å²) >= 11 is 0. The molecular weight excluding hydrogens is 182 g/mol. The van der Waals surface area contributed by atoms with Gasteiger partial charge in [0, 0.05) is 17.7 Å². The lowest BCUT2D eigenvalue weighted by Gasteiger charge is -2.07. The van der Waals surface area contributed by atoms with Crippen molar-refractivity contribution in [3.63, 3.8) is 0 Å². The summed E-state index contributed by atoms with van der Waals surface area (Å²) < 4.78 is 0. The highest BCUT2D eigenvalue weighted by Crippen LogP contribution is 2.24. The number of hydrogen-bond donors (Lipinski definition) is 1. The second-order valence-electron chi connectivity index (χ2n) is 2.78. The van der Waals surface area contributed by atoms with Crippen LogP contribution in [-0.2, 0) is 0 Å². The molecule has 0 aliphatic carbocycles. The summed E-state index contributed by atoms with van der Waals surface area (Å²) in [6.45, 7) is 0. The Labute approximate surface area is 80.9 Å². The third-order valence-corrected chi connectivity index (χ3v) is 1.84. The molecular formula is C9H9N3O2. The topological polar surface area (TPSA) is 93.0 Å². The Morgan fingerprint density at radius 3 is 2.79 bits per heavy atom. The van der Waals surface area contributed by atoms with E-state index in [-0.39, 0.29) is 12.1 Å². The maximum Gasteiger partial charge on any atom is 0.274 e. The van der Waals surface area contributed by atoms with Gasteiger partial charge in [0.2, 0.25) is 0 Å². The van der Waals surface area contributed by atoms with Gasteiger partial charge in [0.15, 0.2) is 0 Å². The molecule has 0 fully saturated rings. The molecule has 0 aliphatic heterocycles. The summed E-state index contributed by atoms with van der Waals surface area (Å²) in [6.07, 6.45) is 0.0743. The molecule has 0 aliphatic rings. The van der Waals surface area contributed by atoms with Gasteiger partial charge >= 0.3 is 0 Å². The average molecular weight is 191 g/mol.